The lowest BCUT2D eigenvalue weighted by molar-refractivity contribution is -0.128. The van der Waals surface area contributed by atoms with E-state index in [9.17, 15) is 9.59 Å². The van der Waals surface area contributed by atoms with Gasteiger partial charge < -0.3 is 10.2 Å². The summed E-state index contributed by atoms with van der Waals surface area (Å²) in [6, 6.07) is 8.06. The van der Waals surface area contributed by atoms with E-state index in [0.717, 1.165) is 24.1 Å². The van der Waals surface area contributed by atoms with Gasteiger partial charge in [0.05, 0.1) is 0 Å². The van der Waals surface area contributed by atoms with Crippen LogP contribution in [0.4, 0.5) is 0 Å². The number of hydrogen-bond donors (Lipinski definition) is 1. The molecule has 2 rings (SSSR count). The molecule has 1 aromatic rings. The van der Waals surface area contributed by atoms with Crippen LogP contribution in [0.2, 0.25) is 0 Å². The number of carbonyl (C=O) groups is 2. The summed E-state index contributed by atoms with van der Waals surface area (Å²) in [5.41, 5.74) is 2.19. The van der Waals surface area contributed by atoms with Crippen molar-refractivity contribution in [2.24, 2.45) is 5.92 Å². The maximum atomic E-state index is 11.6. The van der Waals surface area contributed by atoms with Crippen molar-refractivity contribution in [3.8, 4) is 0 Å². The van der Waals surface area contributed by atoms with Crippen LogP contribution in [0.25, 0.3) is 0 Å². The molecule has 0 radical (unpaired) electrons. The van der Waals surface area contributed by atoms with Crippen LogP contribution in [0, 0.1) is 5.92 Å². The average molecular weight is 274 g/mol. The highest BCUT2D eigenvalue weighted by atomic mass is 16.2. The van der Waals surface area contributed by atoms with Crippen molar-refractivity contribution in [1.29, 1.82) is 0 Å². The lowest BCUT2D eigenvalue weighted by atomic mass is 10.1. The SMILES string of the molecule is CC(C)C(=O)NCc1cccc(CN2CCCC2=O)c1. The summed E-state index contributed by atoms with van der Waals surface area (Å²) in [4.78, 5) is 25.1. The summed E-state index contributed by atoms with van der Waals surface area (Å²) in [5, 5.41) is 2.91. The Hall–Kier alpha value is -1.84. The first-order valence-electron chi connectivity index (χ1n) is 7.19. The Morgan fingerprint density at radius 2 is 2.10 bits per heavy atom. The Kier molecular flexibility index (Phi) is 4.77. The van der Waals surface area contributed by atoms with E-state index >= 15 is 0 Å². The van der Waals surface area contributed by atoms with E-state index in [1.54, 1.807) is 0 Å². The van der Waals surface area contributed by atoms with Crippen molar-refractivity contribution in [2.75, 3.05) is 6.54 Å². The van der Waals surface area contributed by atoms with Gasteiger partial charge in [0.1, 0.15) is 0 Å². The minimum atomic E-state index is 0.000374. The van der Waals surface area contributed by atoms with Crippen LogP contribution in [-0.2, 0) is 22.7 Å². The Balaban J connectivity index is 1.93. The first-order chi connectivity index (χ1) is 9.56. The number of hydrogen-bond acceptors (Lipinski definition) is 2. The third-order valence-electron chi connectivity index (χ3n) is 3.53. The van der Waals surface area contributed by atoms with Crippen LogP contribution in [-0.4, -0.2) is 23.3 Å². The molecule has 1 aliphatic rings. The normalized spacial score (nSPS) is 14.9. The highest BCUT2D eigenvalue weighted by Gasteiger charge is 2.19. The van der Waals surface area contributed by atoms with Gasteiger partial charge in [-0.2, -0.15) is 0 Å². The molecule has 0 saturated carbocycles. The number of likely N-dealkylation sites (tertiary alicyclic amines) is 1. The van der Waals surface area contributed by atoms with E-state index in [0.29, 0.717) is 19.5 Å². The molecule has 0 atom stereocenters. The van der Waals surface area contributed by atoms with Gasteiger partial charge in [-0.05, 0) is 17.5 Å². The maximum absolute atomic E-state index is 11.6. The van der Waals surface area contributed by atoms with Crippen molar-refractivity contribution in [3.05, 3.63) is 35.4 Å². The number of nitrogens with one attached hydrogen (secondary N) is 1. The largest absolute Gasteiger partial charge is 0.352 e. The molecule has 4 heteroatoms. The lowest BCUT2D eigenvalue weighted by Gasteiger charge is -2.16. The minimum absolute atomic E-state index is 0.000374. The number of nitrogens with zero attached hydrogens (tertiary/aromatic N) is 1. The molecule has 0 unspecified atom stereocenters. The molecule has 1 saturated heterocycles. The summed E-state index contributed by atoms with van der Waals surface area (Å²) < 4.78 is 0. The van der Waals surface area contributed by atoms with Crippen LogP contribution in [0.3, 0.4) is 0 Å². The molecule has 1 N–H and O–H groups in total. The van der Waals surface area contributed by atoms with E-state index in [1.807, 2.05) is 36.9 Å². The van der Waals surface area contributed by atoms with E-state index < -0.39 is 0 Å². The Labute approximate surface area is 120 Å². The molecule has 0 bridgehead atoms. The topological polar surface area (TPSA) is 49.4 Å². The van der Waals surface area contributed by atoms with Gasteiger partial charge >= 0.3 is 0 Å². The van der Waals surface area contributed by atoms with Gasteiger partial charge in [-0.25, -0.2) is 0 Å². The average Bonchev–Trinajstić information content (AvgIpc) is 2.82. The first kappa shape index (κ1) is 14.6. The number of rotatable bonds is 5. The smallest absolute Gasteiger partial charge is 0.222 e. The number of carbonyl (C=O) groups excluding carboxylic acids is 2. The van der Waals surface area contributed by atoms with Crippen molar-refractivity contribution in [3.63, 3.8) is 0 Å². The molecule has 0 aromatic heterocycles. The fourth-order valence-corrected chi connectivity index (χ4v) is 2.32. The Morgan fingerprint density at radius 1 is 1.35 bits per heavy atom. The predicted molar refractivity (Wildman–Crippen MR) is 77.8 cm³/mol. The van der Waals surface area contributed by atoms with Gasteiger partial charge in [0, 0.05) is 32.0 Å². The van der Waals surface area contributed by atoms with Crippen molar-refractivity contribution < 1.29 is 9.59 Å². The van der Waals surface area contributed by atoms with E-state index in [-0.39, 0.29) is 17.7 Å². The highest BCUT2D eigenvalue weighted by molar-refractivity contribution is 5.78. The van der Waals surface area contributed by atoms with Gasteiger partial charge in [-0.15, -0.1) is 0 Å². The van der Waals surface area contributed by atoms with Crippen LogP contribution in [0.15, 0.2) is 24.3 Å². The third-order valence-corrected chi connectivity index (χ3v) is 3.53. The molecule has 108 valence electrons. The second-order valence-electron chi connectivity index (χ2n) is 5.61. The van der Waals surface area contributed by atoms with Crippen molar-refractivity contribution in [1.82, 2.24) is 10.2 Å². The van der Waals surface area contributed by atoms with Crippen molar-refractivity contribution >= 4 is 11.8 Å². The molecular formula is C16H22N2O2. The molecule has 4 nitrogen and oxygen atoms in total. The van der Waals surface area contributed by atoms with Gasteiger partial charge in [0.25, 0.3) is 0 Å². The predicted octanol–water partition coefficient (Wildman–Crippen LogP) is 2.08. The molecule has 2 amide bonds. The fourth-order valence-electron chi connectivity index (χ4n) is 2.32. The molecule has 1 aliphatic heterocycles. The van der Waals surface area contributed by atoms with Gasteiger partial charge in [0.2, 0.25) is 11.8 Å². The summed E-state index contributed by atoms with van der Waals surface area (Å²) in [5.74, 6) is 0.300. The van der Waals surface area contributed by atoms with Crippen LogP contribution in [0.5, 0.6) is 0 Å². The van der Waals surface area contributed by atoms with E-state index in [1.165, 1.54) is 0 Å². The molecular weight excluding hydrogens is 252 g/mol. The van der Waals surface area contributed by atoms with Crippen LogP contribution < -0.4 is 5.32 Å². The zero-order chi connectivity index (χ0) is 14.5. The second kappa shape index (κ2) is 6.55. The van der Waals surface area contributed by atoms with E-state index in [4.69, 9.17) is 0 Å². The van der Waals surface area contributed by atoms with Crippen LogP contribution in [0.1, 0.15) is 37.8 Å². The van der Waals surface area contributed by atoms with E-state index in [2.05, 4.69) is 11.4 Å². The monoisotopic (exact) mass is 274 g/mol. The zero-order valence-electron chi connectivity index (χ0n) is 12.2. The molecule has 20 heavy (non-hydrogen) atoms. The zero-order valence-corrected chi connectivity index (χ0v) is 12.2. The summed E-state index contributed by atoms with van der Waals surface area (Å²) in [6.07, 6.45) is 1.63. The first-order valence-corrected chi connectivity index (χ1v) is 7.19. The molecule has 1 heterocycles. The number of benzene rings is 1. The fraction of sp³-hybridized carbons (Fsp3) is 0.500. The third kappa shape index (κ3) is 3.83. The molecule has 0 spiro atoms. The van der Waals surface area contributed by atoms with Gasteiger partial charge in [-0.1, -0.05) is 38.1 Å². The minimum Gasteiger partial charge on any atom is -0.352 e. The standard InChI is InChI=1S/C16H22N2O2/c1-12(2)16(20)17-10-13-5-3-6-14(9-13)11-18-8-4-7-15(18)19/h3,5-6,9,12H,4,7-8,10-11H2,1-2H3,(H,17,20). The molecule has 0 aliphatic carbocycles. The Morgan fingerprint density at radius 3 is 2.75 bits per heavy atom. The summed E-state index contributed by atoms with van der Waals surface area (Å²) in [6.45, 7) is 5.83. The maximum Gasteiger partial charge on any atom is 0.222 e. The van der Waals surface area contributed by atoms with Crippen molar-refractivity contribution in [2.45, 2.75) is 39.8 Å². The summed E-state index contributed by atoms with van der Waals surface area (Å²) >= 11 is 0. The molecule has 1 aromatic carbocycles. The lowest BCUT2D eigenvalue weighted by Crippen LogP contribution is -2.27. The summed E-state index contributed by atoms with van der Waals surface area (Å²) in [7, 11) is 0. The molecule has 1 fully saturated rings. The quantitative estimate of drug-likeness (QED) is 0.893. The number of amides is 2. The second-order valence-corrected chi connectivity index (χ2v) is 5.61. The van der Waals surface area contributed by atoms with Crippen LogP contribution >= 0.6 is 0 Å². The van der Waals surface area contributed by atoms with Gasteiger partial charge in [-0.3, -0.25) is 9.59 Å². The Bertz CT molecular complexity index is 497. The highest BCUT2D eigenvalue weighted by Crippen LogP contribution is 2.15. The van der Waals surface area contributed by atoms with Gasteiger partial charge in [0.15, 0.2) is 0 Å².